The number of para-hydroxylation sites is 1. The number of benzene rings is 2. The summed E-state index contributed by atoms with van der Waals surface area (Å²) in [4.78, 5) is 25.5. The van der Waals surface area contributed by atoms with Crippen LogP contribution >= 0.6 is 11.6 Å². The monoisotopic (exact) mass is 358 g/mol. The average Bonchev–Trinajstić information content (AvgIpc) is 3.01. The third-order valence-corrected chi connectivity index (χ3v) is 4.42. The third kappa shape index (κ3) is 4.51. The maximum atomic E-state index is 12.0. The van der Waals surface area contributed by atoms with Crippen molar-refractivity contribution in [1.29, 1.82) is 0 Å². The summed E-state index contributed by atoms with van der Waals surface area (Å²) in [6.07, 6.45) is 0.178. The quantitative estimate of drug-likeness (QED) is 0.860. The van der Waals surface area contributed by atoms with Gasteiger partial charge < -0.3 is 10.1 Å². The fraction of sp³-hybridized carbons (Fsp3) is 0.263. The molecule has 1 saturated heterocycles. The van der Waals surface area contributed by atoms with E-state index in [-0.39, 0.29) is 18.1 Å². The van der Waals surface area contributed by atoms with Crippen molar-refractivity contribution in [1.82, 2.24) is 5.32 Å². The molecule has 130 valence electrons. The van der Waals surface area contributed by atoms with Gasteiger partial charge in [-0.05, 0) is 30.2 Å². The zero-order chi connectivity index (χ0) is 17.6. The van der Waals surface area contributed by atoms with Crippen LogP contribution in [-0.2, 0) is 16.0 Å². The molecule has 5 nitrogen and oxygen atoms in total. The SMILES string of the molecule is O=C(CCc1ccccc1Cl)NCC1CN(c2ccccc2)C(=O)O1. The van der Waals surface area contributed by atoms with E-state index in [0.717, 1.165) is 11.3 Å². The zero-order valence-electron chi connectivity index (χ0n) is 13.7. The summed E-state index contributed by atoms with van der Waals surface area (Å²) in [5.41, 5.74) is 1.74. The van der Waals surface area contributed by atoms with E-state index in [2.05, 4.69) is 5.32 Å². The minimum atomic E-state index is -0.387. The van der Waals surface area contributed by atoms with Gasteiger partial charge in [0.05, 0.1) is 13.1 Å². The number of anilines is 1. The lowest BCUT2D eigenvalue weighted by atomic mass is 10.1. The zero-order valence-corrected chi connectivity index (χ0v) is 14.4. The van der Waals surface area contributed by atoms with Crippen molar-refractivity contribution >= 4 is 29.3 Å². The molecular formula is C19H19ClN2O3. The summed E-state index contributed by atoms with van der Waals surface area (Å²) >= 11 is 6.08. The van der Waals surface area contributed by atoms with Crippen LogP contribution < -0.4 is 10.2 Å². The second kappa shape index (κ2) is 8.03. The van der Waals surface area contributed by atoms with E-state index in [4.69, 9.17) is 16.3 Å². The van der Waals surface area contributed by atoms with Gasteiger partial charge >= 0.3 is 6.09 Å². The number of aryl methyl sites for hydroxylation is 1. The molecule has 2 amide bonds. The first-order valence-corrected chi connectivity index (χ1v) is 8.54. The smallest absolute Gasteiger partial charge is 0.414 e. The number of hydrogen-bond donors (Lipinski definition) is 1. The second-order valence-electron chi connectivity index (χ2n) is 5.85. The maximum Gasteiger partial charge on any atom is 0.414 e. The molecule has 1 unspecified atom stereocenters. The Labute approximate surface area is 151 Å². The Morgan fingerprint density at radius 3 is 2.64 bits per heavy atom. The van der Waals surface area contributed by atoms with Crippen LogP contribution in [0.1, 0.15) is 12.0 Å². The Bertz CT molecular complexity index is 751. The standard InChI is InChI=1S/C19H19ClN2O3/c20-17-9-5-4-6-14(17)10-11-18(23)21-12-16-13-22(19(24)25-16)15-7-2-1-3-8-15/h1-9,16H,10-13H2,(H,21,23). The predicted octanol–water partition coefficient (Wildman–Crippen LogP) is 3.41. The number of nitrogens with one attached hydrogen (secondary N) is 1. The molecule has 2 aromatic carbocycles. The maximum absolute atomic E-state index is 12.0. The Balaban J connectivity index is 1.45. The van der Waals surface area contributed by atoms with Crippen molar-refractivity contribution in [2.75, 3.05) is 18.0 Å². The summed E-state index contributed by atoms with van der Waals surface area (Å²) < 4.78 is 5.31. The largest absolute Gasteiger partial charge is 0.442 e. The van der Waals surface area contributed by atoms with Gasteiger partial charge in [-0.25, -0.2) is 4.79 Å². The lowest BCUT2D eigenvalue weighted by Gasteiger charge is -2.12. The van der Waals surface area contributed by atoms with Crippen molar-refractivity contribution in [2.24, 2.45) is 0 Å². The molecule has 0 spiro atoms. The summed E-state index contributed by atoms with van der Waals surface area (Å²) in [7, 11) is 0. The van der Waals surface area contributed by atoms with Crippen molar-refractivity contribution in [2.45, 2.75) is 18.9 Å². The number of nitrogens with zero attached hydrogens (tertiary/aromatic N) is 1. The highest BCUT2D eigenvalue weighted by molar-refractivity contribution is 6.31. The first-order chi connectivity index (χ1) is 12.1. The summed E-state index contributed by atoms with van der Waals surface area (Å²) in [6, 6.07) is 16.8. The number of hydrogen-bond acceptors (Lipinski definition) is 3. The van der Waals surface area contributed by atoms with Crippen molar-refractivity contribution in [3.05, 3.63) is 65.2 Å². The number of cyclic esters (lactones) is 1. The van der Waals surface area contributed by atoms with Gasteiger partial charge in [-0.2, -0.15) is 0 Å². The molecule has 1 fully saturated rings. The van der Waals surface area contributed by atoms with Gasteiger partial charge in [-0.3, -0.25) is 9.69 Å². The van der Waals surface area contributed by atoms with E-state index in [0.29, 0.717) is 31.0 Å². The Morgan fingerprint density at radius 2 is 1.88 bits per heavy atom. The lowest BCUT2D eigenvalue weighted by Crippen LogP contribution is -2.34. The average molecular weight is 359 g/mol. The van der Waals surface area contributed by atoms with Gasteiger partial charge in [0.25, 0.3) is 0 Å². The number of amides is 2. The number of carbonyl (C=O) groups is 2. The second-order valence-corrected chi connectivity index (χ2v) is 6.25. The minimum absolute atomic E-state index is 0.0888. The van der Waals surface area contributed by atoms with Crippen LogP contribution in [0.3, 0.4) is 0 Å². The molecule has 1 atom stereocenters. The molecule has 3 rings (SSSR count). The van der Waals surface area contributed by atoms with Crippen molar-refractivity contribution in [3.63, 3.8) is 0 Å². The predicted molar refractivity (Wildman–Crippen MR) is 96.8 cm³/mol. The number of ether oxygens (including phenoxy) is 1. The fourth-order valence-corrected chi connectivity index (χ4v) is 2.94. The molecule has 0 aliphatic carbocycles. The minimum Gasteiger partial charge on any atom is -0.442 e. The lowest BCUT2D eigenvalue weighted by molar-refractivity contribution is -0.121. The van der Waals surface area contributed by atoms with E-state index < -0.39 is 0 Å². The molecule has 1 aliphatic heterocycles. The van der Waals surface area contributed by atoms with Gasteiger partial charge in [0.15, 0.2) is 0 Å². The summed E-state index contributed by atoms with van der Waals surface area (Å²) in [5, 5.41) is 3.49. The van der Waals surface area contributed by atoms with Crippen LogP contribution in [0.2, 0.25) is 5.02 Å². The van der Waals surface area contributed by atoms with Gasteiger partial charge in [0.1, 0.15) is 6.10 Å². The molecule has 1 aliphatic rings. The highest BCUT2D eigenvalue weighted by Crippen LogP contribution is 2.21. The van der Waals surface area contributed by atoms with E-state index in [1.54, 1.807) is 4.90 Å². The molecule has 1 N–H and O–H groups in total. The number of rotatable bonds is 6. The van der Waals surface area contributed by atoms with E-state index >= 15 is 0 Å². The molecule has 6 heteroatoms. The topological polar surface area (TPSA) is 58.6 Å². The van der Waals surface area contributed by atoms with Gasteiger partial charge in [0, 0.05) is 17.1 Å². The molecule has 1 heterocycles. The molecule has 0 radical (unpaired) electrons. The molecule has 0 saturated carbocycles. The van der Waals surface area contributed by atoms with Gasteiger partial charge in [-0.1, -0.05) is 48.0 Å². The van der Waals surface area contributed by atoms with Crippen molar-refractivity contribution < 1.29 is 14.3 Å². The van der Waals surface area contributed by atoms with Crippen LogP contribution in [0, 0.1) is 0 Å². The molecule has 25 heavy (non-hydrogen) atoms. The molecule has 0 aromatic heterocycles. The van der Waals surface area contributed by atoms with Crippen LogP contribution in [0.4, 0.5) is 10.5 Å². The van der Waals surface area contributed by atoms with E-state index in [9.17, 15) is 9.59 Å². The highest BCUT2D eigenvalue weighted by Gasteiger charge is 2.32. The molecule has 2 aromatic rings. The normalized spacial score (nSPS) is 16.6. The number of carbonyl (C=O) groups excluding carboxylic acids is 2. The number of halogens is 1. The first kappa shape index (κ1) is 17.3. The molecule has 0 bridgehead atoms. The van der Waals surface area contributed by atoms with Crippen LogP contribution in [-0.4, -0.2) is 31.2 Å². The Morgan fingerprint density at radius 1 is 1.16 bits per heavy atom. The first-order valence-electron chi connectivity index (χ1n) is 8.17. The fourth-order valence-electron chi connectivity index (χ4n) is 2.71. The van der Waals surface area contributed by atoms with Crippen LogP contribution in [0.15, 0.2) is 54.6 Å². The van der Waals surface area contributed by atoms with Crippen LogP contribution in [0.25, 0.3) is 0 Å². The van der Waals surface area contributed by atoms with Gasteiger partial charge in [0.2, 0.25) is 5.91 Å². The molecular weight excluding hydrogens is 340 g/mol. The van der Waals surface area contributed by atoms with Crippen molar-refractivity contribution in [3.8, 4) is 0 Å². The van der Waals surface area contributed by atoms with Gasteiger partial charge in [-0.15, -0.1) is 0 Å². The third-order valence-electron chi connectivity index (χ3n) is 4.05. The summed E-state index contributed by atoms with van der Waals surface area (Å²) in [6.45, 7) is 0.726. The Hall–Kier alpha value is -2.53. The summed E-state index contributed by atoms with van der Waals surface area (Å²) in [5.74, 6) is -0.0888. The van der Waals surface area contributed by atoms with E-state index in [1.165, 1.54) is 0 Å². The van der Waals surface area contributed by atoms with E-state index in [1.807, 2.05) is 54.6 Å². The Kier molecular flexibility index (Phi) is 5.56. The highest BCUT2D eigenvalue weighted by atomic mass is 35.5. The van der Waals surface area contributed by atoms with Crippen LogP contribution in [0.5, 0.6) is 0 Å².